The lowest BCUT2D eigenvalue weighted by atomic mass is 9.86. The van der Waals surface area contributed by atoms with Crippen LogP contribution in [-0.4, -0.2) is 29.5 Å². The molecule has 0 amide bonds. The van der Waals surface area contributed by atoms with Crippen LogP contribution in [0, 0.1) is 37.5 Å². The Balaban J connectivity index is 3.42. The first-order valence-electron chi connectivity index (χ1n) is 5.84. The van der Waals surface area contributed by atoms with Crippen LogP contribution in [0.15, 0.2) is 18.2 Å². The number of ether oxygens (including phenoxy) is 1. The molecule has 0 aromatic heterocycles. The van der Waals surface area contributed by atoms with E-state index >= 15 is 0 Å². The van der Waals surface area contributed by atoms with E-state index in [0.29, 0.717) is 0 Å². The molecule has 0 spiro atoms. The first kappa shape index (κ1) is 17.3. The highest BCUT2D eigenvalue weighted by Gasteiger charge is 2.36. The Hall–Kier alpha value is -2.73. The molecule has 0 radical (unpaired) electrons. The Labute approximate surface area is 129 Å². The number of nitro groups is 2. The summed E-state index contributed by atoms with van der Waals surface area (Å²) in [4.78, 5) is 31.8. The number of methoxy groups -OCH3 is 1. The van der Waals surface area contributed by atoms with Crippen molar-refractivity contribution in [2.45, 2.75) is 5.92 Å². The van der Waals surface area contributed by atoms with Gasteiger partial charge >= 0.3 is 5.97 Å². The van der Waals surface area contributed by atoms with E-state index in [1.807, 2.05) is 0 Å². The Morgan fingerprint density at radius 1 is 1.45 bits per heavy atom. The number of hydrogen-bond acceptors (Lipinski definition) is 7. The largest absolute Gasteiger partial charge is 0.468 e. The van der Waals surface area contributed by atoms with Gasteiger partial charge in [0.05, 0.1) is 24.0 Å². The Morgan fingerprint density at radius 2 is 2.09 bits per heavy atom. The topological polar surface area (TPSA) is 136 Å². The fourth-order valence-electron chi connectivity index (χ4n) is 1.91. The summed E-state index contributed by atoms with van der Waals surface area (Å²) in [6.45, 7) is -0.797. The summed E-state index contributed by atoms with van der Waals surface area (Å²) in [5.41, 5.74) is -0.376. The summed E-state index contributed by atoms with van der Waals surface area (Å²) in [5, 5.41) is 30.7. The van der Waals surface area contributed by atoms with Gasteiger partial charge < -0.3 is 4.74 Å². The fraction of sp³-hybridized carbons (Fsp3) is 0.333. The lowest BCUT2D eigenvalue weighted by Crippen LogP contribution is -2.28. The van der Waals surface area contributed by atoms with E-state index in [1.54, 1.807) is 6.07 Å². The summed E-state index contributed by atoms with van der Waals surface area (Å²) in [6.07, 6.45) is 0. The normalized spacial score (nSPS) is 12.8. The van der Waals surface area contributed by atoms with E-state index in [0.717, 1.165) is 19.2 Å². The summed E-state index contributed by atoms with van der Waals surface area (Å²) in [5.74, 6) is -3.74. The average Bonchev–Trinajstić information content (AvgIpc) is 2.46. The average molecular weight is 328 g/mol. The summed E-state index contributed by atoms with van der Waals surface area (Å²) in [6, 6.07) is 4.95. The van der Waals surface area contributed by atoms with Crippen LogP contribution in [-0.2, 0) is 9.53 Å². The molecule has 0 saturated heterocycles. The third kappa shape index (κ3) is 3.89. The van der Waals surface area contributed by atoms with Crippen molar-refractivity contribution in [3.63, 3.8) is 0 Å². The first-order chi connectivity index (χ1) is 10.3. The second-order valence-electron chi connectivity index (χ2n) is 4.21. The standard InChI is InChI=1S/C12H10ClN3O6/c1-22-12(17)9(5-14)10(6-15(18)19)8-4-7(16(20)21)2-3-11(8)13/h2-4,9-10H,6H2,1H3. The van der Waals surface area contributed by atoms with Crippen LogP contribution in [0.5, 0.6) is 0 Å². The minimum Gasteiger partial charge on any atom is -0.468 e. The van der Waals surface area contributed by atoms with Gasteiger partial charge in [-0.05, 0) is 11.6 Å². The molecule has 22 heavy (non-hydrogen) atoms. The molecule has 9 nitrogen and oxygen atoms in total. The second-order valence-corrected chi connectivity index (χ2v) is 4.62. The quantitative estimate of drug-likeness (QED) is 0.442. The SMILES string of the molecule is COC(=O)C(C#N)C(C[N+](=O)[O-])c1cc([N+](=O)[O-])ccc1Cl. The number of carbonyl (C=O) groups is 1. The number of carbonyl (C=O) groups excluding carboxylic acids is 1. The van der Waals surface area contributed by atoms with Crippen LogP contribution >= 0.6 is 11.6 Å². The van der Waals surface area contributed by atoms with Crippen molar-refractivity contribution in [1.82, 2.24) is 0 Å². The van der Waals surface area contributed by atoms with E-state index in [9.17, 15) is 25.0 Å². The predicted molar refractivity (Wildman–Crippen MR) is 73.8 cm³/mol. The van der Waals surface area contributed by atoms with Gasteiger partial charge in [0, 0.05) is 22.1 Å². The zero-order chi connectivity index (χ0) is 16.9. The molecule has 1 aromatic rings. The van der Waals surface area contributed by atoms with Crippen molar-refractivity contribution in [2.75, 3.05) is 13.7 Å². The number of benzene rings is 1. The van der Waals surface area contributed by atoms with E-state index in [-0.39, 0.29) is 16.3 Å². The van der Waals surface area contributed by atoms with Gasteiger partial charge in [0.1, 0.15) is 0 Å². The maximum atomic E-state index is 11.6. The minimum absolute atomic E-state index is 0.0124. The number of nitriles is 1. The van der Waals surface area contributed by atoms with Crippen LogP contribution in [0.4, 0.5) is 5.69 Å². The Kier molecular flexibility index (Phi) is 5.77. The van der Waals surface area contributed by atoms with Crippen molar-refractivity contribution < 1.29 is 19.4 Å². The highest BCUT2D eigenvalue weighted by Crippen LogP contribution is 2.34. The maximum Gasteiger partial charge on any atom is 0.323 e. The van der Waals surface area contributed by atoms with Gasteiger partial charge in [-0.15, -0.1) is 0 Å². The molecule has 2 unspecified atom stereocenters. The van der Waals surface area contributed by atoms with Crippen molar-refractivity contribution in [2.24, 2.45) is 5.92 Å². The van der Waals surface area contributed by atoms with E-state index in [2.05, 4.69) is 4.74 Å². The number of nitro benzene ring substituents is 1. The van der Waals surface area contributed by atoms with Gasteiger partial charge in [-0.25, -0.2) is 0 Å². The van der Waals surface area contributed by atoms with E-state index in [1.165, 1.54) is 6.07 Å². The summed E-state index contributed by atoms with van der Waals surface area (Å²) in [7, 11) is 1.03. The molecule has 0 bridgehead atoms. The van der Waals surface area contributed by atoms with Crippen LogP contribution in [0.2, 0.25) is 5.02 Å². The lowest BCUT2D eigenvalue weighted by Gasteiger charge is -2.18. The van der Waals surface area contributed by atoms with Gasteiger partial charge in [-0.3, -0.25) is 25.0 Å². The number of hydrogen-bond donors (Lipinski definition) is 0. The van der Waals surface area contributed by atoms with Gasteiger partial charge in [-0.2, -0.15) is 5.26 Å². The summed E-state index contributed by atoms with van der Waals surface area (Å²) >= 11 is 5.92. The van der Waals surface area contributed by atoms with E-state index in [4.69, 9.17) is 16.9 Å². The zero-order valence-electron chi connectivity index (χ0n) is 11.3. The molecule has 0 aliphatic rings. The number of rotatable bonds is 6. The number of nitrogens with zero attached hydrogens (tertiary/aromatic N) is 3. The predicted octanol–water partition coefficient (Wildman–Crippen LogP) is 1.92. The van der Waals surface area contributed by atoms with Gasteiger partial charge in [0.2, 0.25) is 6.54 Å². The highest BCUT2D eigenvalue weighted by molar-refractivity contribution is 6.31. The molecule has 1 rings (SSSR count). The molecule has 0 N–H and O–H groups in total. The van der Waals surface area contributed by atoms with Crippen LogP contribution in [0.3, 0.4) is 0 Å². The molecular formula is C12H10ClN3O6. The van der Waals surface area contributed by atoms with Gasteiger partial charge in [-0.1, -0.05) is 11.6 Å². The molecule has 10 heteroatoms. The molecule has 0 fully saturated rings. The highest BCUT2D eigenvalue weighted by atomic mass is 35.5. The minimum atomic E-state index is -1.50. The first-order valence-corrected chi connectivity index (χ1v) is 6.22. The van der Waals surface area contributed by atoms with Crippen LogP contribution in [0.25, 0.3) is 0 Å². The summed E-state index contributed by atoms with van der Waals surface area (Å²) < 4.78 is 4.44. The third-order valence-electron chi connectivity index (χ3n) is 2.93. The molecule has 0 aliphatic heterocycles. The number of esters is 1. The molecule has 0 saturated carbocycles. The number of halogens is 1. The molecule has 2 atom stereocenters. The maximum absolute atomic E-state index is 11.6. The molecular weight excluding hydrogens is 318 g/mol. The second kappa shape index (κ2) is 7.33. The van der Waals surface area contributed by atoms with Crippen molar-refractivity contribution in [3.8, 4) is 6.07 Å². The fourth-order valence-corrected chi connectivity index (χ4v) is 2.16. The molecule has 0 heterocycles. The van der Waals surface area contributed by atoms with Crippen LogP contribution < -0.4 is 0 Å². The monoisotopic (exact) mass is 327 g/mol. The van der Waals surface area contributed by atoms with Crippen molar-refractivity contribution >= 4 is 23.3 Å². The van der Waals surface area contributed by atoms with Crippen molar-refractivity contribution in [3.05, 3.63) is 49.0 Å². The van der Waals surface area contributed by atoms with Gasteiger partial charge in [0.15, 0.2) is 5.92 Å². The molecule has 116 valence electrons. The zero-order valence-corrected chi connectivity index (χ0v) is 12.0. The Morgan fingerprint density at radius 3 is 2.55 bits per heavy atom. The third-order valence-corrected chi connectivity index (χ3v) is 3.28. The van der Waals surface area contributed by atoms with Gasteiger partial charge in [0.25, 0.3) is 5.69 Å². The Bertz CT molecular complexity index is 657. The van der Waals surface area contributed by atoms with Crippen molar-refractivity contribution in [1.29, 1.82) is 5.26 Å². The van der Waals surface area contributed by atoms with E-state index < -0.39 is 34.2 Å². The number of non-ortho nitro benzene ring substituents is 1. The van der Waals surface area contributed by atoms with Crippen LogP contribution in [0.1, 0.15) is 11.5 Å². The molecule has 1 aromatic carbocycles. The molecule has 0 aliphatic carbocycles. The smallest absolute Gasteiger partial charge is 0.323 e. The lowest BCUT2D eigenvalue weighted by molar-refractivity contribution is -0.484.